The summed E-state index contributed by atoms with van der Waals surface area (Å²) in [6.07, 6.45) is 4.11. The third-order valence-electron chi connectivity index (χ3n) is 4.91. The van der Waals surface area contributed by atoms with Crippen LogP contribution < -0.4 is 10.6 Å². The first kappa shape index (κ1) is 19.3. The first-order valence-electron chi connectivity index (χ1n) is 9.18. The van der Waals surface area contributed by atoms with Gasteiger partial charge in [0.25, 0.3) is 0 Å². The van der Waals surface area contributed by atoms with Crippen LogP contribution in [0, 0.1) is 19.3 Å². The lowest BCUT2D eigenvalue weighted by molar-refractivity contribution is -0.138. The number of aryl methyl sites for hydroxylation is 2. The van der Waals surface area contributed by atoms with Crippen LogP contribution in [-0.2, 0) is 11.3 Å². The monoisotopic (exact) mass is 348 g/mol. The molecular weight excluding hydrogens is 316 g/mol. The zero-order valence-electron chi connectivity index (χ0n) is 16.2. The van der Waals surface area contributed by atoms with Crippen molar-refractivity contribution in [2.45, 2.75) is 53.0 Å². The number of hydrogen-bond acceptors (Lipinski definition) is 3. The summed E-state index contributed by atoms with van der Waals surface area (Å²) in [7, 11) is 3.68. The number of aliphatic imine (C=N–C) groups is 1. The molecule has 140 valence electrons. The molecule has 0 saturated heterocycles. The molecule has 0 bridgehead atoms. The normalized spacial score (nSPS) is 16.8. The van der Waals surface area contributed by atoms with Crippen LogP contribution in [0.15, 0.2) is 15.5 Å². The number of furan rings is 1. The largest absolute Gasteiger partial charge is 0.466 e. The van der Waals surface area contributed by atoms with Gasteiger partial charge >= 0.3 is 0 Å². The summed E-state index contributed by atoms with van der Waals surface area (Å²) in [4.78, 5) is 19.1. The lowest BCUT2D eigenvalue weighted by atomic mass is 9.84. The molecule has 1 amide bonds. The van der Waals surface area contributed by atoms with E-state index in [1.807, 2.05) is 40.9 Å². The lowest BCUT2D eigenvalue weighted by Crippen LogP contribution is -2.49. The second-order valence-electron chi connectivity index (χ2n) is 7.17. The molecular formula is C19H32N4O2. The number of hydrogen-bond donors (Lipinski definition) is 2. The van der Waals surface area contributed by atoms with Crippen LogP contribution in [0.2, 0.25) is 0 Å². The minimum atomic E-state index is -0.304. The fraction of sp³-hybridized carbons (Fsp3) is 0.684. The van der Waals surface area contributed by atoms with Crippen molar-refractivity contribution in [2.75, 3.05) is 27.2 Å². The average molecular weight is 348 g/mol. The van der Waals surface area contributed by atoms with E-state index in [9.17, 15) is 4.79 Å². The van der Waals surface area contributed by atoms with Gasteiger partial charge in [-0.25, -0.2) is 4.99 Å². The smallest absolute Gasteiger partial charge is 0.230 e. The number of carbonyl (C=O) groups excluding carboxylic acids is 1. The maximum absolute atomic E-state index is 12.7. The fourth-order valence-corrected chi connectivity index (χ4v) is 3.59. The topological polar surface area (TPSA) is 69.9 Å². The van der Waals surface area contributed by atoms with Gasteiger partial charge in [-0.2, -0.15) is 0 Å². The molecule has 1 saturated carbocycles. The van der Waals surface area contributed by atoms with Gasteiger partial charge in [-0.15, -0.1) is 0 Å². The number of amides is 1. The van der Waals surface area contributed by atoms with Crippen LogP contribution in [0.1, 0.15) is 49.7 Å². The Morgan fingerprint density at radius 3 is 2.48 bits per heavy atom. The Hall–Kier alpha value is -1.98. The molecule has 0 aromatic carbocycles. The van der Waals surface area contributed by atoms with Gasteiger partial charge in [-0.3, -0.25) is 4.79 Å². The van der Waals surface area contributed by atoms with Crippen LogP contribution in [0.25, 0.3) is 0 Å². The number of guanidine groups is 1. The minimum Gasteiger partial charge on any atom is -0.466 e. The van der Waals surface area contributed by atoms with Gasteiger partial charge < -0.3 is 20.0 Å². The highest BCUT2D eigenvalue weighted by atomic mass is 16.3. The second-order valence-corrected chi connectivity index (χ2v) is 7.17. The van der Waals surface area contributed by atoms with Crippen molar-refractivity contribution in [1.82, 2.24) is 15.5 Å². The lowest BCUT2D eigenvalue weighted by Gasteiger charge is -2.31. The predicted molar refractivity (Wildman–Crippen MR) is 101 cm³/mol. The summed E-state index contributed by atoms with van der Waals surface area (Å²) < 4.78 is 5.56. The minimum absolute atomic E-state index is 0.217. The molecule has 0 spiro atoms. The van der Waals surface area contributed by atoms with Crippen molar-refractivity contribution < 1.29 is 9.21 Å². The summed E-state index contributed by atoms with van der Waals surface area (Å²) in [5.41, 5.74) is 0.789. The quantitative estimate of drug-likeness (QED) is 0.612. The third kappa shape index (κ3) is 4.77. The molecule has 0 aliphatic heterocycles. The van der Waals surface area contributed by atoms with Crippen LogP contribution >= 0.6 is 0 Å². The van der Waals surface area contributed by atoms with Crippen molar-refractivity contribution in [1.29, 1.82) is 0 Å². The molecule has 2 rings (SSSR count). The van der Waals surface area contributed by atoms with Gasteiger partial charge in [0.1, 0.15) is 11.5 Å². The van der Waals surface area contributed by atoms with Crippen molar-refractivity contribution in [3.8, 4) is 0 Å². The molecule has 0 unspecified atom stereocenters. The highest BCUT2D eigenvalue weighted by Crippen LogP contribution is 2.38. The van der Waals surface area contributed by atoms with Crippen molar-refractivity contribution in [3.05, 3.63) is 23.2 Å². The van der Waals surface area contributed by atoms with E-state index in [2.05, 4.69) is 15.6 Å². The summed E-state index contributed by atoms with van der Waals surface area (Å²) in [5.74, 6) is 2.78. The van der Waals surface area contributed by atoms with E-state index < -0.39 is 0 Å². The molecule has 0 radical (unpaired) electrons. The molecule has 25 heavy (non-hydrogen) atoms. The highest BCUT2D eigenvalue weighted by molar-refractivity contribution is 5.85. The van der Waals surface area contributed by atoms with Crippen LogP contribution in [0.3, 0.4) is 0 Å². The Morgan fingerprint density at radius 1 is 1.28 bits per heavy atom. The van der Waals surface area contributed by atoms with Gasteiger partial charge in [0.15, 0.2) is 5.96 Å². The number of nitrogens with zero attached hydrogens (tertiary/aromatic N) is 2. The van der Waals surface area contributed by atoms with E-state index in [-0.39, 0.29) is 11.3 Å². The molecule has 2 N–H and O–H groups in total. The molecule has 1 heterocycles. The summed E-state index contributed by atoms with van der Waals surface area (Å²) >= 11 is 0. The maximum Gasteiger partial charge on any atom is 0.230 e. The first-order chi connectivity index (χ1) is 11.9. The van der Waals surface area contributed by atoms with E-state index in [0.29, 0.717) is 13.1 Å². The molecule has 1 aromatic heterocycles. The van der Waals surface area contributed by atoms with E-state index in [1.165, 1.54) is 0 Å². The summed E-state index contributed by atoms with van der Waals surface area (Å²) in [6.45, 7) is 7.92. The Morgan fingerprint density at radius 2 is 1.96 bits per heavy atom. The fourth-order valence-electron chi connectivity index (χ4n) is 3.59. The van der Waals surface area contributed by atoms with Gasteiger partial charge in [0, 0.05) is 32.7 Å². The van der Waals surface area contributed by atoms with Crippen molar-refractivity contribution in [3.63, 3.8) is 0 Å². The van der Waals surface area contributed by atoms with Crippen LogP contribution in [0.4, 0.5) is 0 Å². The molecule has 1 fully saturated rings. The Bertz CT molecular complexity index is 613. The highest BCUT2D eigenvalue weighted by Gasteiger charge is 2.42. The number of rotatable bonds is 6. The Balaban J connectivity index is 2.06. The summed E-state index contributed by atoms with van der Waals surface area (Å²) in [5, 5.41) is 6.67. The maximum atomic E-state index is 12.7. The molecule has 1 aliphatic carbocycles. The van der Waals surface area contributed by atoms with E-state index in [0.717, 1.165) is 55.3 Å². The standard InChI is InChI=1S/C19H32N4O2/c1-6-20-18(21-12-16-11-14(2)25-15(16)3)22-13-19(9-7-8-10-19)17(24)23(4)5/h11H,6-10,12-13H2,1-5H3,(H2,20,21,22). The van der Waals surface area contributed by atoms with Crippen LogP contribution in [-0.4, -0.2) is 44.0 Å². The zero-order chi connectivity index (χ0) is 18.4. The first-order valence-corrected chi connectivity index (χ1v) is 9.18. The van der Waals surface area contributed by atoms with Gasteiger partial charge in [0.2, 0.25) is 5.91 Å². The Kier molecular flexibility index (Phi) is 6.51. The second kappa shape index (κ2) is 8.41. The average Bonchev–Trinajstić information content (AvgIpc) is 3.16. The van der Waals surface area contributed by atoms with E-state index in [4.69, 9.17) is 4.42 Å². The van der Waals surface area contributed by atoms with E-state index in [1.54, 1.807) is 4.90 Å². The molecule has 6 nitrogen and oxygen atoms in total. The Labute approximate surface area is 151 Å². The van der Waals surface area contributed by atoms with Gasteiger partial charge in [-0.05, 0) is 39.7 Å². The van der Waals surface area contributed by atoms with Crippen LogP contribution in [0.5, 0.6) is 0 Å². The molecule has 1 aliphatic rings. The van der Waals surface area contributed by atoms with E-state index >= 15 is 0 Å². The van der Waals surface area contributed by atoms with Crippen molar-refractivity contribution >= 4 is 11.9 Å². The SMILES string of the molecule is CCNC(=NCc1cc(C)oc1C)NCC1(C(=O)N(C)C)CCCC1. The number of carbonyl (C=O) groups is 1. The van der Waals surface area contributed by atoms with Gasteiger partial charge in [0.05, 0.1) is 12.0 Å². The molecule has 1 aromatic rings. The van der Waals surface area contributed by atoms with Crippen molar-refractivity contribution in [2.24, 2.45) is 10.4 Å². The summed E-state index contributed by atoms with van der Waals surface area (Å²) in [6, 6.07) is 2.02. The zero-order valence-corrected chi connectivity index (χ0v) is 16.2. The molecule has 6 heteroatoms. The number of nitrogens with one attached hydrogen (secondary N) is 2. The molecule has 0 atom stereocenters. The third-order valence-corrected chi connectivity index (χ3v) is 4.91. The van der Waals surface area contributed by atoms with Gasteiger partial charge in [-0.1, -0.05) is 12.8 Å². The predicted octanol–water partition coefficient (Wildman–Crippen LogP) is 2.60.